The van der Waals surface area contributed by atoms with Crippen LogP contribution in [0, 0.1) is 5.92 Å². The van der Waals surface area contributed by atoms with Crippen molar-refractivity contribution in [2.45, 2.75) is 19.4 Å². The van der Waals surface area contributed by atoms with Gasteiger partial charge in [-0.25, -0.2) is 0 Å². The molecule has 0 spiro atoms. The average Bonchev–Trinajstić information content (AvgIpc) is 2.41. The standard InChI is InChI=1S/C13H22N4O/c1-14-9-12-3-4-13(16-15-12)17-7-5-11(6-8-17)10-18-2/h3-4,11,14H,5-10H2,1-2H3. The first kappa shape index (κ1) is 13.2. The molecule has 1 fully saturated rings. The normalized spacial score (nSPS) is 17.1. The van der Waals surface area contributed by atoms with Crippen molar-refractivity contribution >= 4 is 5.82 Å². The molecule has 0 atom stereocenters. The fraction of sp³-hybridized carbons (Fsp3) is 0.692. The second kappa shape index (κ2) is 6.66. The Hall–Kier alpha value is -1.20. The molecular weight excluding hydrogens is 228 g/mol. The number of piperidine rings is 1. The molecule has 1 aliphatic rings. The SMILES string of the molecule is CNCc1ccc(N2CCC(COC)CC2)nn1. The molecule has 1 saturated heterocycles. The van der Waals surface area contributed by atoms with Crippen LogP contribution >= 0.6 is 0 Å². The zero-order chi connectivity index (χ0) is 12.8. The third-order valence-corrected chi connectivity index (χ3v) is 3.40. The number of rotatable bonds is 5. The fourth-order valence-electron chi connectivity index (χ4n) is 2.36. The van der Waals surface area contributed by atoms with E-state index in [0.717, 1.165) is 37.8 Å². The molecule has 18 heavy (non-hydrogen) atoms. The van der Waals surface area contributed by atoms with E-state index in [1.54, 1.807) is 7.11 Å². The minimum absolute atomic E-state index is 0.697. The van der Waals surface area contributed by atoms with Gasteiger partial charge in [-0.15, -0.1) is 5.10 Å². The summed E-state index contributed by atoms with van der Waals surface area (Å²) in [6.45, 7) is 3.74. The Morgan fingerprint density at radius 2 is 2.11 bits per heavy atom. The fourth-order valence-corrected chi connectivity index (χ4v) is 2.36. The van der Waals surface area contributed by atoms with Crippen LogP contribution in [0.1, 0.15) is 18.5 Å². The summed E-state index contributed by atoms with van der Waals surface area (Å²) in [5.41, 5.74) is 0.982. The highest BCUT2D eigenvalue weighted by molar-refractivity contribution is 5.37. The highest BCUT2D eigenvalue weighted by Crippen LogP contribution is 2.21. The molecular formula is C13H22N4O. The van der Waals surface area contributed by atoms with E-state index in [1.165, 1.54) is 12.8 Å². The maximum Gasteiger partial charge on any atom is 0.151 e. The van der Waals surface area contributed by atoms with Crippen LogP contribution in [0.5, 0.6) is 0 Å². The Balaban J connectivity index is 1.89. The maximum absolute atomic E-state index is 5.21. The minimum Gasteiger partial charge on any atom is -0.384 e. The van der Waals surface area contributed by atoms with Gasteiger partial charge in [-0.05, 0) is 37.9 Å². The summed E-state index contributed by atoms with van der Waals surface area (Å²) in [5.74, 6) is 1.69. The number of hydrogen-bond acceptors (Lipinski definition) is 5. The molecule has 1 N–H and O–H groups in total. The van der Waals surface area contributed by atoms with Crippen LogP contribution in [0.15, 0.2) is 12.1 Å². The monoisotopic (exact) mass is 250 g/mol. The van der Waals surface area contributed by atoms with Crippen molar-refractivity contribution in [3.05, 3.63) is 17.8 Å². The lowest BCUT2D eigenvalue weighted by molar-refractivity contribution is 0.139. The quantitative estimate of drug-likeness (QED) is 0.847. The van der Waals surface area contributed by atoms with Gasteiger partial charge in [0, 0.05) is 33.4 Å². The Labute approximate surface area is 109 Å². The number of methoxy groups -OCH3 is 1. The first-order chi connectivity index (χ1) is 8.83. The van der Waals surface area contributed by atoms with Crippen LogP contribution in [0.4, 0.5) is 5.82 Å². The zero-order valence-corrected chi connectivity index (χ0v) is 11.2. The van der Waals surface area contributed by atoms with Crippen LogP contribution in [-0.2, 0) is 11.3 Å². The van der Waals surface area contributed by atoms with Crippen LogP contribution in [0.25, 0.3) is 0 Å². The van der Waals surface area contributed by atoms with E-state index < -0.39 is 0 Å². The number of anilines is 1. The Bertz CT molecular complexity index is 347. The summed E-state index contributed by atoms with van der Waals surface area (Å²) < 4.78 is 5.21. The Morgan fingerprint density at radius 1 is 1.33 bits per heavy atom. The van der Waals surface area contributed by atoms with Crippen molar-refractivity contribution in [1.29, 1.82) is 0 Å². The van der Waals surface area contributed by atoms with E-state index in [1.807, 2.05) is 13.1 Å². The van der Waals surface area contributed by atoms with Crippen LogP contribution in [-0.4, -0.2) is 44.1 Å². The highest BCUT2D eigenvalue weighted by atomic mass is 16.5. The third-order valence-electron chi connectivity index (χ3n) is 3.40. The molecule has 5 nitrogen and oxygen atoms in total. The van der Waals surface area contributed by atoms with Gasteiger partial charge in [0.25, 0.3) is 0 Å². The Kier molecular flexibility index (Phi) is 4.90. The maximum atomic E-state index is 5.21. The molecule has 0 bridgehead atoms. The van der Waals surface area contributed by atoms with Gasteiger partial charge in [0.1, 0.15) is 0 Å². The van der Waals surface area contributed by atoms with Crippen molar-refractivity contribution < 1.29 is 4.74 Å². The molecule has 0 saturated carbocycles. The number of aromatic nitrogens is 2. The summed E-state index contributed by atoms with van der Waals surface area (Å²) in [7, 11) is 3.69. The second-order valence-electron chi connectivity index (χ2n) is 4.80. The summed E-state index contributed by atoms with van der Waals surface area (Å²) in [6.07, 6.45) is 2.35. The lowest BCUT2D eigenvalue weighted by Crippen LogP contribution is -2.35. The number of ether oxygens (including phenoxy) is 1. The summed E-state index contributed by atoms with van der Waals surface area (Å²) in [4.78, 5) is 2.31. The molecule has 2 rings (SSSR count). The molecule has 1 aliphatic heterocycles. The topological polar surface area (TPSA) is 50.3 Å². The van der Waals surface area contributed by atoms with E-state index in [2.05, 4.69) is 26.5 Å². The first-order valence-electron chi connectivity index (χ1n) is 6.54. The van der Waals surface area contributed by atoms with Crippen molar-refractivity contribution in [2.24, 2.45) is 5.92 Å². The van der Waals surface area contributed by atoms with Gasteiger partial charge in [0.2, 0.25) is 0 Å². The molecule has 5 heteroatoms. The first-order valence-corrected chi connectivity index (χ1v) is 6.54. The van der Waals surface area contributed by atoms with Gasteiger partial charge in [-0.1, -0.05) is 0 Å². The van der Waals surface area contributed by atoms with Gasteiger partial charge in [0.15, 0.2) is 5.82 Å². The number of nitrogens with one attached hydrogen (secondary N) is 1. The third kappa shape index (κ3) is 3.40. The van der Waals surface area contributed by atoms with Crippen LogP contribution in [0.3, 0.4) is 0 Å². The molecule has 0 aliphatic carbocycles. The van der Waals surface area contributed by atoms with Gasteiger partial charge in [-0.2, -0.15) is 5.10 Å². The average molecular weight is 250 g/mol. The van der Waals surface area contributed by atoms with E-state index >= 15 is 0 Å². The molecule has 0 aromatic carbocycles. The van der Waals surface area contributed by atoms with E-state index in [0.29, 0.717) is 5.92 Å². The van der Waals surface area contributed by atoms with E-state index in [9.17, 15) is 0 Å². The lowest BCUT2D eigenvalue weighted by Gasteiger charge is -2.32. The summed E-state index contributed by atoms with van der Waals surface area (Å²) in [6, 6.07) is 4.11. The van der Waals surface area contributed by atoms with Gasteiger partial charge in [0.05, 0.1) is 5.69 Å². The molecule has 0 amide bonds. The number of hydrogen-bond donors (Lipinski definition) is 1. The molecule has 2 heterocycles. The molecule has 1 aromatic rings. The second-order valence-corrected chi connectivity index (χ2v) is 4.80. The molecule has 1 aromatic heterocycles. The van der Waals surface area contributed by atoms with Crippen LogP contribution in [0.2, 0.25) is 0 Å². The minimum atomic E-state index is 0.697. The van der Waals surface area contributed by atoms with Crippen molar-refractivity contribution in [1.82, 2.24) is 15.5 Å². The number of nitrogens with zero attached hydrogens (tertiary/aromatic N) is 3. The van der Waals surface area contributed by atoms with Gasteiger partial charge < -0.3 is 15.0 Å². The van der Waals surface area contributed by atoms with Crippen LogP contribution < -0.4 is 10.2 Å². The van der Waals surface area contributed by atoms with Gasteiger partial charge in [-0.3, -0.25) is 0 Å². The highest BCUT2D eigenvalue weighted by Gasteiger charge is 2.20. The largest absolute Gasteiger partial charge is 0.384 e. The van der Waals surface area contributed by atoms with Gasteiger partial charge >= 0.3 is 0 Å². The lowest BCUT2D eigenvalue weighted by atomic mass is 9.98. The van der Waals surface area contributed by atoms with Crippen molar-refractivity contribution in [2.75, 3.05) is 38.8 Å². The zero-order valence-electron chi connectivity index (χ0n) is 11.2. The predicted molar refractivity (Wildman–Crippen MR) is 71.6 cm³/mol. The summed E-state index contributed by atoms with van der Waals surface area (Å²) in [5, 5.41) is 11.6. The van der Waals surface area contributed by atoms with E-state index in [4.69, 9.17) is 4.74 Å². The van der Waals surface area contributed by atoms with E-state index in [-0.39, 0.29) is 0 Å². The van der Waals surface area contributed by atoms with Crippen molar-refractivity contribution in [3.8, 4) is 0 Å². The molecule has 0 unspecified atom stereocenters. The molecule has 0 radical (unpaired) electrons. The Morgan fingerprint density at radius 3 is 2.67 bits per heavy atom. The smallest absolute Gasteiger partial charge is 0.151 e. The molecule has 100 valence electrons. The van der Waals surface area contributed by atoms with Crippen molar-refractivity contribution in [3.63, 3.8) is 0 Å². The summed E-state index contributed by atoms with van der Waals surface area (Å²) >= 11 is 0. The predicted octanol–water partition coefficient (Wildman–Crippen LogP) is 1.06.